The Morgan fingerprint density at radius 3 is 2.31 bits per heavy atom. The number of carboxylic acids is 1. The van der Waals surface area contributed by atoms with Crippen LogP contribution < -0.4 is 30.5 Å². The van der Waals surface area contributed by atoms with E-state index in [1.54, 1.807) is 18.2 Å². The molecule has 4 aromatic carbocycles. The number of fused-ring (bicyclic) bond motifs is 3. The summed E-state index contributed by atoms with van der Waals surface area (Å²) in [6.07, 6.45) is 4.06. The fraction of sp³-hybridized carbons (Fsp3) is 0.422. The van der Waals surface area contributed by atoms with Crippen LogP contribution in [0.4, 0.5) is 5.69 Å². The van der Waals surface area contributed by atoms with Crippen molar-refractivity contribution < 1.29 is 32.3 Å². The van der Waals surface area contributed by atoms with Gasteiger partial charge in [-0.25, -0.2) is 18.4 Å². The molecule has 0 saturated heterocycles. The van der Waals surface area contributed by atoms with Crippen molar-refractivity contribution >= 4 is 57.9 Å². The van der Waals surface area contributed by atoms with Crippen molar-refractivity contribution in [1.29, 1.82) is 0 Å². The Morgan fingerprint density at radius 2 is 1.71 bits per heavy atom. The van der Waals surface area contributed by atoms with Crippen LogP contribution in [0.25, 0.3) is 0 Å². The van der Waals surface area contributed by atoms with Crippen molar-refractivity contribution in [3.05, 3.63) is 119 Å². The average Bonchev–Trinajstić information content (AvgIpc) is 3.31. The Hall–Kier alpha value is -4.20. The minimum atomic E-state index is -3.77. The van der Waals surface area contributed by atoms with Crippen molar-refractivity contribution in [2.75, 3.05) is 36.9 Å². The van der Waals surface area contributed by atoms with E-state index in [2.05, 4.69) is 67.4 Å². The summed E-state index contributed by atoms with van der Waals surface area (Å²) in [6, 6.07) is 31.9. The fourth-order valence-corrected chi connectivity index (χ4v) is 14.9. The Bertz CT molecular complexity index is 2200. The molecule has 13 heteroatoms. The van der Waals surface area contributed by atoms with E-state index in [9.17, 15) is 23.1 Å². The van der Waals surface area contributed by atoms with Crippen molar-refractivity contribution in [3.8, 4) is 5.75 Å². The van der Waals surface area contributed by atoms with Gasteiger partial charge in [-0.3, -0.25) is 4.79 Å². The lowest BCUT2D eigenvalue weighted by molar-refractivity contribution is -0.124. The lowest BCUT2D eigenvalue weighted by Gasteiger charge is -2.51. The maximum atomic E-state index is 13.8. The van der Waals surface area contributed by atoms with Crippen LogP contribution in [0.5, 0.6) is 5.75 Å². The van der Waals surface area contributed by atoms with Gasteiger partial charge in [0.1, 0.15) is 5.75 Å². The van der Waals surface area contributed by atoms with Gasteiger partial charge in [-0.15, -0.1) is 0 Å². The van der Waals surface area contributed by atoms with Gasteiger partial charge in [0.25, 0.3) is 8.32 Å². The Morgan fingerprint density at radius 1 is 1.02 bits per heavy atom. The average molecular weight is 845 g/mol. The number of carbonyl (C=O) groups is 2. The molecule has 1 spiro atoms. The normalized spacial score (nSPS) is 21.2. The van der Waals surface area contributed by atoms with Gasteiger partial charge < -0.3 is 24.5 Å². The molecular weight excluding hydrogens is 790 g/mol. The molecule has 308 valence electrons. The molecule has 10 nitrogen and oxygen atoms in total. The lowest BCUT2D eigenvalue weighted by Crippen LogP contribution is -2.69. The van der Waals surface area contributed by atoms with E-state index in [4.69, 9.17) is 25.9 Å². The molecular formula is C45H54ClN3O7SSi. The van der Waals surface area contributed by atoms with Gasteiger partial charge >= 0.3 is 5.97 Å². The van der Waals surface area contributed by atoms with Crippen LogP contribution in [0.2, 0.25) is 10.1 Å². The molecule has 0 radical (unpaired) electrons. The maximum Gasteiger partial charge on any atom is 0.335 e. The first kappa shape index (κ1) is 41.9. The first-order chi connectivity index (χ1) is 27.6. The summed E-state index contributed by atoms with van der Waals surface area (Å²) in [4.78, 5) is 28.5. The number of anilines is 1. The van der Waals surface area contributed by atoms with Gasteiger partial charge in [0.15, 0.2) is 0 Å². The highest BCUT2D eigenvalue weighted by molar-refractivity contribution is 7.89. The van der Waals surface area contributed by atoms with Crippen molar-refractivity contribution in [3.63, 3.8) is 0 Å². The first-order valence-electron chi connectivity index (χ1n) is 20.2. The summed E-state index contributed by atoms with van der Waals surface area (Å²) < 4.78 is 37.9. The summed E-state index contributed by atoms with van der Waals surface area (Å²) in [5.74, 6) is -0.967. The third-order valence-electron chi connectivity index (χ3n) is 12.5. The topological polar surface area (TPSA) is 148 Å². The molecule has 1 amide bonds. The molecule has 58 heavy (non-hydrogen) atoms. The van der Waals surface area contributed by atoms with E-state index in [1.807, 2.05) is 42.5 Å². The van der Waals surface area contributed by atoms with Crippen LogP contribution in [0.1, 0.15) is 74.4 Å². The Kier molecular flexibility index (Phi) is 12.2. The highest BCUT2D eigenvalue weighted by Gasteiger charge is 2.54. The van der Waals surface area contributed by atoms with Gasteiger partial charge in [0.05, 0.1) is 36.1 Å². The number of nitrogens with zero attached hydrogens (tertiary/aromatic N) is 1. The Balaban J connectivity index is 1.28. The smallest absolute Gasteiger partial charge is 0.335 e. The number of hydrogen-bond donors (Lipinski definition) is 3. The molecule has 1 unspecified atom stereocenters. The number of hydrogen-bond acceptors (Lipinski definition) is 7. The van der Waals surface area contributed by atoms with Crippen LogP contribution >= 0.6 is 11.6 Å². The molecule has 2 aliphatic carbocycles. The predicted molar refractivity (Wildman–Crippen MR) is 231 cm³/mol. The summed E-state index contributed by atoms with van der Waals surface area (Å²) in [5.41, 5.74) is 3.01. The lowest BCUT2D eigenvalue weighted by atomic mass is 9.68. The quantitative estimate of drug-likeness (QED) is 0.133. The van der Waals surface area contributed by atoms with Crippen molar-refractivity contribution in [2.24, 2.45) is 17.0 Å². The van der Waals surface area contributed by atoms with Crippen LogP contribution in [0.15, 0.2) is 97.1 Å². The molecule has 1 heterocycles. The third-order valence-corrected chi connectivity index (χ3v) is 18.6. The third kappa shape index (κ3) is 8.72. The fourth-order valence-electron chi connectivity index (χ4n) is 9.63. The molecule has 0 bridgehead atoms. The summed E-state index contributed by atoms with van der Waals surface area (Å²) in [6.45, 7) is 8.21. The number of ether oxygens (including phenoxy) is 1. The molecule has 1 saturated carbocycles. The standard InChI is InChI=1S/C45H54ClN3O7SSi/c1-44(2,3)58(35-12-6-4-7-13-35,36-14-8-5-9-15-36)56-41(27-42(50)48-23-24-57(47,53)54)37-19-16-33(37)28-49-29-45(22-10-11-31-25-34(46)18-20-38(31)45)30-55-40-21-17-32(43(51)52)26-39(40)49/h4-9,12-15,17-18,20-21,25-26,33,37,41H,10-11,16,19,22-24,27-30H2,1-3H3,(H,48,50)(H,51,52)(H2,47,53,54)/t33-,37+,41?,45-/m0/s1. The molecule has 4 N–H and O–H groups in total. The largest absolute Gasteiger partial charge is 0.490 e. The van der Waals surface area contributed by atoms with E-state index in [1.165, 1.54) is 11.1 Å². The number of primary sulfonamides is 1. The van der Waals surface area contributed by atoms with E-state index < -0.39 is 30.4 Å². The number of carboxylic acid groups (broad SMARTS) is 1. The van der Waals surface area contributed by atoms with Crippen molar-refractivity contribution in [2.45, 2.75) is 75.9 Å². The van der Waals surface area contributed by atoms with Crippen LogP contribution in [0, 0.1) is 11.8 Å². The number of rotatable bonds is 13. The van der Waals surface area contributed by atoms with E-state index in [0.717, 1.165) is 48.2 Å². The summed E-state index contributed by atoms with van der Waals surface area (Å²) >= 11 is 6.49. The van der Waals surface area contributed by atoms with Gasteiger partial charge in [0.2, 0.25) is 15.9 Å². The molecule has 4 atom stereocenters. The highest BCUT2D eigenvalue weighted by atomic mass is 35.5. The minimum Gasteiger partial charge on any atom is -0.490 e. The molecule has 4 aromatic rings. The van der Waals surface area contributed by atoms with E-state index in [0.29, 0.717) is 30.5 Å². The number of aromatic carboxylic acids is 1. The first-order valence-corrected chi connectivity index (χ1v) is 24.2. The van der Waals surface area contributed by atoms with Gasteiger partial charge in [-0.05, 0) is 101 Å². The van der Waals surface area contributed by atoms with Crippen LogP contribution in [-0.4, -0.2) is 71.8 Å². The number of halogens is 1. The van der Waals surface area contributed by atoms with Gasteiger partial charge in [-0.1, -0.05) is 99.1 Å². The molecule has 7 rings (SSSR count). The zero-order valence-corrected chi connectivity index (χ0v) is 36.0. The van der Waals surface area contributed by atoms with E-state index >= 15 is 0 Å². The second kappa shape index (κ2) is 16.8. The second-order valence-electron chi connectivity index (χ2n) is 17.3. The van der Waals surface area contributed by atoms with Gasteiger partial charge in [0, 0.05) is 30.1 Å². The number of benzene rings is 4. The highest BCUT2D eigenvalue weighted by Crippen LogP contribution is 2.48. The van der Waals surface area contributed by atoms with Gasteiger partial charge in [-0.2, -0.15) is 0 Å². The number of nitrogens with two attached hydrogens (primary N) is 1. The number of amides is 1. The Labute approximate surface area is 348 Å². The zero-order chi connectivity index (χ0) is 41.3. The SMILES string of the molecule is CC(C)(C)[Si](OC(CC(=O)NCCS(N)(=O)=O)[C@@H]1CC[C@H]1CN1C[C@@]2(CCCc3cc(Cl)ccc32)COc2ccc(C(=O)O)cc21)(c1ccccc1)c1ccccc1. The molecule has 1 fully saturated rings. The molecule has 1 aliphatic heterocycles. The van der Waals surface area contributed by atoms with Crippen molar-refractivity contribution in [1.82, 2.24) is 5.32 Å². The maximum absolute atomic E-state index is 13.8. The second-order valence-corrected chi connectivity index (χ2v) is 23.8. The number of sulfonamides is 1. The van der Waals surface area contributed by atoms with E-state index in [-0.39, 0.29) is 52.5 Å². The minimum absolute atomic E-state index is 0.0330. The summed E-state index contributed by atoms with van der Waals surface area (Å²) in [5, 5.41) is 20.7. The van der Waals surface area contributed by atoms with Crippen LogP contribution in [0.3, 0.4) is 0 Å². The zero-order valence-electron chi connectivity index (χ0n) is 33.5. The molecule has 3 aliphatic rings. The summed E-state index contributed by atoms with van der Waals surface area (Å²) in [7, 11) is -6.91. The predicted octanol–water partition coefficient (Wildman–Crippen LogP) is 6.28. The monoisotopic (exact) mass is 843 g/mol. The number of carbonyl (C=O) groups excluding carboxylic acids is 1. The number of aryl methyl sites for hydroxylation is 1. The van der Waals surface area contributed by atoms with Crippen LogP contribution in [-0.2, 0) is 31.1 Å². The number of nitrogens with one attached hydrogen (secondary N) is 1. The molecule has 0 aromatic heterocycles.